The average molecular weight is 398 g/mol. The van der Waals surface area contributed by atoms with Gasteiger partial charge >= 0.3 is 0 Å². The number of sulfonamides is 1. The van der Waals surface area contributed by atoms with Gasteiger partial charge in [-0.05, 0) is 47.7 Å². The number of methoxy groups -OCH3 is 1. The maximum absolute atomic E-state index is 12.9. The largest absolute Gasteiger partial charge is 0.391 e. The van der Waals surface area contributed by atoms with Crippen LogP contribution in [0.1, 0.15) is 24.6 Å². The molecule has 0 saturated heterocycles. The van der Waals surface area contributed by atoms with Crippen molar-refractivity contribution in [1.29, 1.82) is 0 Å². The summed E-state index contributed by atoms with van der Waals surface area (Å²) in [6.07, 6.45) is 2.15. The normalized spacial score (nSPS) is 17.4. The number of halogens is 1. The van der Waals surface area contributed by atoms with E-state index < -0.39 is 10.0 Å². The predicted molar refractivity (Wildman–Crippen MR) is 85.9 cm³/mol. The number of thiophene rings is 1. The molecule has 0 radical (unpaired) electrons. The summed E-state index contributed by atoms with van der Waals surface area (Å²) in [7, 11) is -2.03. The third-order valence-corrected chi connectivity index (χ3v) is 7.95. The van der Waals surface area contributed by atoms with Crippen LogP contribution in [0.3, 0.4) is 0 Å². The summed E-state index contributed by atoms with van der Waals surface area (Å²) in [4.78, 5) is 0.867. The zero-order valence-electron chi connectivity index (χ0n) is 12.1. The molecule has 1 unspecified atom stereocenters. The molecule has 0 amide bonds. The fourth-order valence-electron chi connectivity index (χ4n) is 2.32. The first-order chi connectivity index (χ1) is 9.91. The molecule has 120 valence electrons. The van der Waals surface area contributed by atoms with Gasteiger partial charge in [0.2, 0.25) is 10.0 Å². The molecular formula is C13H20BrNO4S2. The summed E-state index contributed by atoms with van der Waals surface area (Å²) in [5.41, 5.74) is 0. The van der Waals surface area contributed by atoms with Crippen molar-refractivity contribution in [2.75, 3.05) is 20.3 Å². The highest BCUT2D eigenvalue weighted by molar-refractivity contribution is 9.11. The van der Waals surface area contributed by atoms with E-state index in [0.717, 1.165) is 12.8 Å². The van der Waals surface area contributed by atoms with Gasteiger partial charge in [0.05, 0.1) is 17.0 Å². The van der Waals surface area contributed by atoms with Gasteiger partial charge in [0.25, 0.3) is 0 Å². The molecule has 0 bridgehead atoms. The van der Waals surface area contributed by atoms with Crippen LogP contribution in [-0.4, -0.2) is 44.1 Å². The van der Waals surface area contributed by atoms with E-state index in [1.807, 2.05) is 6.92 Å². The zero-order chi connectivity index (χ0) is 15.6. The van der Waals surface area contributed by atoms with E-state index in [9.17, 15) is 13.5 Å². The van der Waals surface area contributed by atoms with Gasteiger partial charge < -0.3 is 9.84 Å². The van der Waals surface area contributed by atoms with E-state index in [1.165, 1.54) is 15.6 Å². The van der Waals surface area contributed by atoms with Crippen molar-refractivity contribution in [3.8, 4) is 0 Å². The van der Waals surface area contributed by atoms with Gasteiger partial charge in [0.1, 0.15) is 4.90 Å². The maximum Gasteiger partial charge on any atom is 0.245 e. The monoisotopic (exact) mass is 397 g/mol. The van der Waals surface area contributed by atoms with Crippen LogP contribution < -0.4 is 0 Å². The summed E-state index contributed by atoms with van der Waals surface area (Å²) in [6, 6.07) is 1.51. The Morgan fingerprint density at radius 3 is 2.71 bits per heavy atom. The molecule has 8 heteroatoms. The molecule has 5 nitrogen and oxygen atoms in total. The van der Waals surface area contributed by atoms with E-state index in [0.29, 0.717) is 27.7 Å². The summed E-state index contributed by atoms with van der Waals surface area (Å²) < 4.78 is 33.0. The highest BCUT2D eigenvalue weighted by Crippen LogP contribution is 2.39. The lowest BCUT2D eigenvalue weighted by Crippen LogP contribution is -2.41. The maximum atomic E-state index is 12.9. The second-order valence-corrected chi connectivity index (χ2v) is 9.51. The fraction of sp³-hybridized carbons (Fsp3) is 0.692. The van der Waals surface area contributed by atoms with E-state index in [1.54, 1.807) is 13.2 Å². The van der Waals surface area contributed by atoms with Crippen LogP contribution in [0.5, 0.6) is 0 Å². The van der Waals surface area contributed by atoms with E-state index in [4.69, 9.17) is 4.74 Å². The van der Waals surface area contributed by atoms with E-state index in [2.05, 4.69) is 15.9 Å². The quantitative estimate of drug-likeness (QED) is 0.731. The molecule has 0 aliphatic heterocycles. The van der Waals surface area contributed by atoms with Gasteiger partial charge in [0.15, 0.2) is 0 Å². The van der Waals surface area contributed by atoms with Crippen LogP contribution in [-0.2, 0) is 21.4 Å². The van der Waals surface area contributed by atoms with E-state index in [-0.39, 0.29) is 17.5 Å². The van der Waals surface area contributed by atoms with Gasteiger partial charge in [-0.3, -0.25) is 0 Å². The molecule has 0 aromatic carbocycles. The lowest BCUT2D eigenvalue weighted by Gasteiger charge is -2.28. The first kappa shape index (κ1) is 17.4. The Morgan fingerprint density at radius 1 is 1.57 bits per heavy atom. The van der Waals surface area contributed by atoms with Crippen LogP contribution in [0.15, 0.2) is 14.7 Å². The molecule has 0 spiro atoms. The number of nitrogens with zero attached hydrogens (tertiary/aromatic N) is 1. The molecule has 1 heterocycles. The fourth-order valence-corrected chi connectivity index (χ4v) is 6.49. The molecule has 1 fully saturated rings. The van der Waals surface area contributed by atoms with Crippen molar-refractivity contribution in [3.63, 3.8) is 0 Å². The van der Waals surface area contributed by atoms with Crippen molar-refractivity contribution >= 4 is 37.3 Å². The standard InChI is InChI=1S/C13H20BrNO4S2/c1-9(10-3-4-10)15(5-6-19-2)21(17,18)12-7-11(8-16)20-13(12)14/h7,9-10,16H,3-6,8H2,1-2H3. The Morgan fingerprint density at radius 2 is 2.24 bits per heavy atom. The molecular weight excluding hydrogens is 378 g/mol. The second-order valence-electron chi connectivity index (χ2n) is 5.20. The van der Waals surface area contributed by atoms with Crippen LogP contribution in [0.2, 0.25) is 0 Å². The summed E-state index contributed by atoms with van der Waals surface area (Å²) in [6.45, 7) is 2.51. The highest BCUT2D eigenvalue weighted by atomic mass is 79.9. The molecule has 21 heavy (non-hydrogen) atoms. The van der Waals surface area contributed by atoms with Crippen LogP contribution >= 0.6 is 27.3 Å². The first-order valence-corrected chi connectivity index (χ1v) is 9.86. The van der Waals surface area contributed by atoms with Gasteiger partial charge in [-0.25, -0.2) is 8.42 Å². The summed E-state index contributed by atoms with van der Waals surface area (Å²) in [5, 5.41) is 9.19. The number of hydrogen-bond acceptors (Lipinski definition) is 5. The Kier molecular flexibility index (Phi) is 5.84. The molecule has 1 atom stereocenters. The number of ether oxygens (including phenoxy) is 1. The highest BCUT2D eigenvalue weighted by Gasteiger charge is 2.39. The third-order valence-electron chi connectivity index (χ3n) is 3.72. The lowest BCUT2D eigenvalue weighted by atomic mass is 10.2. The van der Waals surface area contributed by atoms with Crippen LogP contribution in [0, 0.1) is 5.92 Å². The van der Waals surface area contributed by atoms with E-state index >= 15 is 0 Å². The van der Waals surface area contributed by atoms with Crippen molar-refractivity contribution < 1.29 is 18.3 Å². The summed E-state index contributed by atoms with van der Waals surface area (Å²) >= 11 is 4.55. The Labute approximate surface area is 138 Å². The molecule has 1 saturated carbocycles. The number of aliphatic hydroxyl groups excluding tert-OH is 1. The Balaban J connectivity index is 2.32. The number of hydrogen-bond donors (Lipinski definition) is 1. The smallest absolute Gasteiger partial charge is 0.245 e. The van der Waals surface area contributed by atoms with Gasteiger partial charge in [0, 0.05) is 24.6 Å². The molecule has 1 N–H and O–H groups in total. The molecule has 1 aliphatic rings. The molecule has 2 rings (SSSR count). The van der Waals surface area contributed by atoms with Crippen molar-refractivity contribution in [2.45, 2.75) is 37.3 Å². The average Bonchev–Trinajstić information content (AvgIpc) is 3.21. The molecule has 1 aliphatic carbocycles. The topological polar surface area (TPSA) is 66.8 Å². The second kappa shape index (κ2) is 7.06. The summed E-state index contributed by atoms with van der Waals surface area (Å²) in [5.74, 6) is 0.436. The Hall–Kier alpha value is 0.01000. The van der Waals surface area contributed by atoms with Crippen molar-refractivity contribution in [1.82, 2.24) is 4.31 Å². The minimum absolute atomic E-state index is 0.0328. The Bertz CT molecular complexity index is 583. The number of rotatable bonds is 8. The first-order valence-electron chi connectivity index (χ1n) is 6.81. The van der Waals surface area contributed by atoms with Crippen molar-refractivity contribution in [3.05, 3.63) is 14.7 Å². The zero-order valence-corrected chi connectivity index (χ0v) is 15.3. The SMILES string of the molecule is COCCN(C(C)C1CC1)S(=O)(=O)c1cc(CO)sc1Br. The van der Waals surface area contributed by atoms with Gasteiger partial charge in [-0.15, -0.1) is 11.3 Å². The minimum Gasteiger partial charge on any atom is -0.391 e. The van der Waals surface area contributed by atoms with Crippen LogP contribution in [0.4, 0.5) is 0 Å². The predicted octanol–water partition coefficient (Wildman–Crippen LogP) is 2.44. The van der Waals surface area contributed by atoms with Crippen LogP contribution in [0.25, 0.3) is 0 Å². The van der Waals surface area contributed by atoms with Gasteiger partial charge in [-0.2, -0.15) is 4.31 Å². The third kappa shape index (κ3) is 3.86. The van der Waals surface area contributed by atoms with Gasteiger partial charge in [-0.1, -0.05) is 0 Å². The lowest BCUT2D eigenvalue weighted by molar-refractivity contribution is 0.164. The number of aliphatic hydroxyl groups is 1. The van der Waals surface area contributed by atoms with Crippen molar-refractivity contribution in [2.24, 2.45) is 5.92 Å². The molecule has 1 aromatic heterocycles. The molecule has 1 aromatic rings. The minimum atomic E-state index is -3.59.